The summed E-state index contributed by atoms with van der Waals surface area (Å²) in [7, 11) is -2.58. The molecule has 0 fully saturated rings. The van der Waals surface area contributed by atoms with Crippen molar-refractivity contribution in [1.82, 2.24) is 0 Å². The maximum absolute atomic E-state index is 12.4. The molecule has 0 aromatic heterocycles. The predicted octanol–water partition coefficient (Wildman–Crippen LogP) is 0.523. The zero-order valence-electron chi connectivity index (χ0n) is 10.8. The van der Waals surface area contributed by atoms with Crippen LogP contribution in [0.4, 0.5) is 11.4 Å². The Morgan fingerprint density at radius 2 is 2.16 bits per heavy atom. The average Bonchev–Trinajstić information content (AvgIpc) is 2.80. The summed E-state index contributed by atoms with van der Waals surface area (Å²) in [6, 6.07) is 5.07. The van der Waals surface area contributed by atoms with Crippen molar-refractivity contribution in [2.24, 2.45) is 0 Å². The third kappa shape index (κ3) is 2.25. The Bertz CT molecular complexity index is 612. The Kier molecular flexibility index (Phi) is 3.40. The second-order valence-corrected chi connectivity index (χ2v) is 6.60. The minimum Gasteiger partial charge on any atom is -0.468 e. The number of nitrogens with two attached hydrogens (primary N) is 1. The average molecular weight is 284 g/mol. The van der Waals surface area contributed by atoms with E-state index in [9.17, 15) is 13.2 Å². The first kappa shape index (κ1) is 13.7. The van der Waals surface area contributed by atoms with Gasteiger partial charge in [0, 0.05) is 12.2 Å². The first-order valence-corrected chi connectivity index (χ1v) is 7.36. The van der Waals surface area contributed by atoms with Crippen LogP contribution in [-0.4, -0.2) is 33.3 Å². The molecule has 2 N–H and O–H groups in total. The summed E-state index contributed by atoms with van der Waals surface area (Å²) in [5.41, 5.74) is 7.73. The highest BCUT2D eigenvalue weighted by Crippen LogP contribution is 2.33. The predicted molar refractivity (Wildman–Crippen MR) is 72.3 cm³/mol. The number of hydrogen-bond acceptors (Lipinski definition) is 5. The lowest BCUT2D eigenvalue weighted by Gasteiger charge is -2.22. The summed E-state index contributed by atoms with van der Waals surface area (Å²) in [4.78, 5) is 11.4. The van der Waals surface area contributed by atoms with Gasteiger partial charge in [-0.05, 0) is 37.1 Å². The number of rotatable bonds is 3. The van der Waals surface area contributed by atoms with E-state index in [1.807, 2.05) is 0 Å². The molecule has 1 aromatic carbocycles. The maximum atomic E-state index is 12.4. The number of ether oxygens (including phenoxy) is 1. The molecule has 0 aliphatic carbocycles. The first-order chi connectivity index (χ1) is 8.87. The number of benzene rings is 1. The number of anilines is 2. The number of carbonyl (C=O) groups is 1. The fourth-order valence-electron chi connectivity index (χ4n) is 2.13. The molecule has 1 aliphatic heterocycles. The van der Waals surface area contributed by atoms with Crippen LogP contribution in [0.25, 0.3) is 0 Å². The van der Waals surface area contributed by atoms with Crippen LogP contribution in [0, 0.1) is 0 Å². The van der Waals surface area contributed by atoms with Crippen LogP contribution in [0.1, 0.15) is 12.5 Å². The van der Waals surface area contributed by atoms with E-state index in [1.165, 1.54) is 18.3 Å². The highest BCUT2D eigenvalue weighted by atomic mass is 32.2. The lowest BCUT2D eigenvalue weighted by molar-refractivity contribution is -0.139. The third-order valence-electron chi connectivity index (χ3n) is 3.24. The number of hydrogen-bond donors (Lipinski definition) is 1. The van der Waals surface area contributed by atoms with Gasteiger partial charge < -0.3 is 10.5 Å². The Morgan fingerprint density at radius 3 is 2.79 bits per heavy atom. The number of nitrogens with zero attached hydrogens (tertiary/aromatic N) is 1. The summed E-state index contributed by atoms with van der Waals surface area (Å²) in [5.74, 6) is -0.760. The molecule has 1 aliphatic rings. The lowest BCUT2D eigenvalue weighted by atomic mass is 10.1. The van der Waals surface area contributed by atoms with Gasteiger partial charge in [-0.2, -0.15) is 0 Å². The monoisotopic (exact) mass is 284 g/mol. The summed E-state index contributed by atoms with van der Waals surface area (Å²) < 4.78 is 30.5. The van der Waals surface area contributed by atoms with E-state index in [0.717, 1.165) is 5.56 Å². The fraction of sp³-hybridized carbons (Fsp3) is 0.417. The summed E-state index contributed by atoms with van der Waals surface area (Å²) in [6.07, 6.45) is 0.591. The van der Waals surface area contributed by atoms with Crippen molar-refractivity contribution in [3.63, 3.8) is 0 Å². The van der Waals surface area contributed by atoms with Crippen molar-refractivity contribution < 1.29 is 17.9 Å². The van der Waals surface area contributed by atoms with Crippen LogP contribution in [0.2, 0.25) is 0 Å². The Hall–Kier alpha value is -1.76. The van der Waals surface area contributed by atoms with Crippen molar-refractivity contribution in [2.45, 2.75) is 18.6 Å². The van der Waals surface area contributed by atoms with Crippen molar-refractivity contribution in [3.05, 3.63) is 23.8 Å². The molecule has 1 aromatic rings. The van der Waals surface area contributed by atoms with Gasteiger partial charge >= 0.3 is 5.97 Å². The van der Waals surface area contributed by atoms with Gasteiger partial charge in [-0.25, -0.2) is 8.42 Å². The molecule has 6 nitrogen and oxygen atoms in total. The lowest BCUT2D eigenvalue weighted by Crippen LogP contribution is -2.40. The molecule has 0 radical (unpaired) electrons. The normalized spacial score (nSPS) is 16.0. The highest BCUT2D eigenvalue weighted by Gasteiger charge is 2.37. The molecule has 7 heteroatoms. The zero-order chi connectivity index (χ0) is 14.2. The standard InChI is InChI=1S/C12H16N2O4S/c1-8(12(15)18-2)19(16,17)14-6-5-9-7-10(13)3-4-11(9)14/h3-4,7-8H,5-6,13H2,1-2H3. The van der Waals surface area contributed by atoms with Gasteiger partial charge in [0.05, 0.1) is 12.8 Å². The Balaban J connectivity index is 2.38. The molecule has 0 saturated carbocycles. The summed E-state index contributed by atoms with van der Waals surface area (Å²) in [5, 5.41) is -1.22. The SMILES string of the molecule is COC(=O)C(C)S(=O)(=O)N1CCc2cc(N)ccc21. The van der Waals surface area contributed by atoms with Gasteiger partial charge in [0.15, 0.2) is 5.25 Å². The molecule has 2 rings (SSSR count). The van der Waals surface area contributed by atoms with Crippen LogP contribution in [0.5, 0.6) is 0 Å². The van der Waals surface area contributed by atoms with Gasteiger partial charge in [0.25, 0.3) is 0 Å². The second-order valence-electron chi connectivity index (χ2n) is 4.42. The van der Waals surface area contributed by atoms with Crippen LogP contribution in [0.3, 0.4) is 0 Å². The molecule has 0 amide bonds. The third-order valence-corrected chi connectivity index (χ3v) is 5.32. The van der Waals surface area contributed by atoms with E-state index in [0.29, 0.717) is 24.3 Å². The molecule has 0 spiro atoms. The molecule has 0 bridgehead atoms. The number of carbonyl (C=O) groups excluding carboxylic acids is 1. The number of nitrogen functional groups attached to an aromatic ring is 1. The first-order valence-electron chi connectivity index (χ1n) is 5.85. The van der Waals surface area contributed by atoms with Gasteiger partial charge in [-0.15, -0.1) is 0 Å². The van der Waals surface area contributed by atoms with E-state index >= 15 is 0 Å². The van der Waals surface area contributed by atoms with Crippen molar-refractivity contribution in [1.29, 1.82) is 0 Å². The van der Waals surface area contributed by atoms with Crippen LogP contribution in [-0.2, 0) is 26.0 Å². The second kappa shape index (κ2) is 4.73. The molecule has 1 atom stereocenters. The van der Waals surface area contributed by atoms with Crippen LogP contribution in [0.15, 0.2) is 18.2 Å². The van der Waals surface area contributed by atoms with E-state index in [2.05, 4.69) is 4.74 Å². The minimum atomic E-state index is -3.76. The van der Waals surface area contributed by atoms with Crippen molar-refractivity contribution in [2.75, 3.05) is 23.7 Å². The molecule has 0 saturated heterocycles. The molecule has 19 heavy (non-hydrogen) atoms. The Morgan fingerprint density at radius 1 is 1.47 bits per heavy atom. The van der Waals surface area contributed by atoms with Crippen LogP contribution < -0.4 is 10.0 Å². The van der Waals surface area contributed by atoms with E-state index in [4.69, 9.17) is 5.73 Å². The summed E-state index contributed by atoms with van der Waals surface area (Å²) in [6.45, 7) is 1.65. The number of fused-ring (bicyclic) bond motifs is 1. The van der Waals surface area contributed by atoms with Crippen molar-refractivity contribution >= 4 is 27.4 Å². The van der Waals surface area contributed by atoms with Gasteiger partial charge in [0.2, 0.25) is 10.0 Å². The molecule has 104 valence electrons. The molecule has 1 unspecified atom stereocenters. The maximum Gasteiger partial charge on any atom is 0.325 e. The smallest absolute Gasteiger partial charge is 0.325 e. The highest BCUT2D eigenvalue weighted by molar-refractivity contribution is 7.94. The largest absolute Gasteiger partial charge is 0.468 e. The van der Waals surface area contributed by atoms with E-state index in [1.54, 1.807) is 18.2 Å². The molecule has 1 heterocycles. The topological polar surface area (TPSA) is 89.7 Å². The van der Waals surface area contributed by atoms with E-state index < -0.39 is 21.2 Å². The number of sulfonamides is 1. The van der Waals surface area contributed by atoms with Gasteiger partial charge in [-0.1, -0.05) is 0 Å². The van der Waals surface area contributed by atoms with E-state index in [-0.39, 0.29) is 0 Å². The Labute approximate surface area is 112 Å². The number of esters is 1. The molecular weight excluding hydrogens is 268 g/mol. The quantitative estimate of drug-likeness (QED) is 0.645. The fourth-order valence-corrected chi connectivity index (χ4v) is 3.65. The van der Waals surface area contributed by atoms with Crippen LogP contribution >= 0.6 is 0 Å². The zero-order valence-corrected chi connectivity index (χ0v) is 11.6. The minimum absolute atomic E-state index is 0.322. The van der Waals surface area contributed by atoms with Crippen molar-refractivity contribution in [3.8, 4) is 0 Å². The van der Waals surface area contributed by atoms with Gasteiger partial charge in [-0.3, -0.25) is 9.10 Å². The van der Waals surface area contributed by atoms with Gasteiger partial charge in [0.1, 0.15) is 0 Å². The summed E-state index contributed by atoms with van der Waals surface area (Å²) >= 11 is 0. The number of methoxy groups -OCH3 is 1. The molecular formula is C12H16N2O4S.